The number of benzene rings is 2. The minimum absolute atomic E-state index is 0.155. The first kappa shape index (κ1) is 17.5. The Bertz CT molecular complexity index is 810. The van der Waals surface area contributed by atoms with Crippen LogP contribution in [-0.4, -0.2) is 42.4 Å². The van der Waals surface area contributed by atoms with E-state index in [-0.39, 0.29) is 17.8 Å². The third kappa shape index (κ3) is 3.36. The highest BCUT2D eigenvalue weighted by Gasteiger charge is 2.47. The summed E-state index contributed by atoms with van der Waals surface area (Å²) in [5.41, 5.74) is 1.99. The molecular formula is C21H22ClFN2O. The number of carbonyl (C=O) groups excluding carboxylic acids is 1. The van der Waals surface area contributed by atoms with Gasteiger partial charge in [0.05, 0.1) is 6.42 Å². The fraction of sp³-hybridized carbons (Fsp3) is 0.381. The fourth-order valence-electron chi connectivity index (χ4n) is 4.54. The van der Waals surface area contributed by atoms with Gasteiger partial charge >= 0.3 is 0 Å². The maximum absolute atomic E-state index is 13.7. The van der Waals surface area contributed by atoms with E-state index in [2.05, 4.69) is 11.9 Å². The van der Waals surface area contributed by atoms with E-state index in [9.17, 15) is 9.18 Å². The molecule has 136 valence electrons. The Morgan fingerprint density at radius 2 is 1.92 bits per heavy atom. The SMILES string of the molecule is CN1C[C@H]2CN(C(=O)Cc3ccc(Cl)cc3)C[C@H]2[C@@H]1c1cccc(F)c1. The lowest BCUT2D eigenvalue weighted by Crippen LogP contribution is -2.34. The van der Waals surface area contributed by atoms with E-state index in [0.717, 1.165) is 30.8 Å². The second-order valence-electron chi connectivity index (χ2n) is 7.47. The standard InChI is InChI=1S/C21H22ClFN2O/c1-24-11-16-12-25(20(26)9-14-5-7-17(22)8-6-14)13-19(16)21(24)15-3-2-4-18(23)10-15/h2-8,10,16,19,21H,9,11-13H2,1H3/t16-,19+,21-/m0/s1. The summed E-state index contributed by atoms with van der Waals surface area (Å²) in [5, 5.41) is 0.679. The Kier molecular flexibility index (Phi) is 4.72. The predicted octanol–water partition coefficient (Wildman–Crippen LogP) is 3.78. The van der Waals surface area contributed by atoms with Gasteiger partial charge in [0.1, 0.15) is 5.82 Å². The molecule has 2 aromatic carbocycles. The van der Waals surface area contributed by atoms with Crippen molar-refractivity contribution in [3.63, 3.8) is 0 Å². The summed E-state index contributed by atoms with van der Waals surface area (Å²) in [6.07, 6.45) is 0.400. The monoisotopic (exact) mass is 372 g/mol. The van der Waals surface area contributed by atoms with Crippen LogP contribution in [0.1, 0.15) is 17.2 Å². The van der Waals surface area contributed by atoms with E-state index < -0.39 is 0 Å². The molecule has 2 fully saturated rings. The first-order valence-electron chi connectivity index (χ1n) is 8.99. The van der Waals surface area contributed by atoms with Gasteiger partial charge in [0.25, 0.3) is 0 Å². The molecule has 2 aromatic rings. The second-order valence-corrected chi connectivity index (χ2v) is 7.90. The molecule has 5 heteroatoms. The van der Waals surface area contributed by atoms with Crippen LogP contribution in [0.4, 0.5) is 4.39 Å². The molecule has 0 radical (unpaired) electrons. The minimum atomic E-state index is -0.201. The summed E-state index contributed by atoms with van der Waals surface area (Å²) < 4.78 is 13.7. The highest BCUT2D eigenvalue weighted by molar-refractivity contribution is 6.30. The van der Waals surface area contributed by atoms with E-state index in [1.54, 1.807) is 12.1 Å². The van der Waals surface area contributed by atoms with Gasteiger partial charge in [-0.15, -0.1) is 0 Å². The average molecular weight is 373 g/mol. The third-order valence-electron chi connectivity index (χ3n) is 5.71. The van der Waals surface area contributed by atoms with Crippen molar-refractivity contribution in [3.05, 3.63) is 70.5 Å². The highest BCUT2D eigenvalue weighted by atomic mass is 35.5. The van der Waals surface area contributed by atoms with Crippen molar-refractivity contribution in [2.45, 2.75) is 12.5 Å². The molecule has 2 saturated heterocycles. The summed E-state index contributed by atoms with van der Waals surface area (Å²) in [5.74, 6) is 0.758. The van der Waals surface area contributed by atoms with Gasteiger partial charge in [-0.05, 0) is 48.4 Å². The van der Waals surface area contributed by atoms with Crippen LogP contribution in [0.25, 0.3) is 0 Å². The molecule has 3 nitrogen and oxygen atoms in total. The Balaban J connectivity index is 1.47. The maximum Gasteiger partial charge on any atom is 0.227 e. The zero-order valence-electron chi connectivity index (χ0n) is 14.7. The van der Waals surface area contributed by atoms with Crippen molar-refractivity contribution in [3.8, 4) is 0 Å². The van der Waals surface area contributed by atoms with Crippen molar-refractivity contribution in [1.82, 2.24) is 9.80 Å². The Hall–Kier alpha value is -1.91. The van der Waals surface area contributed by atoms with Crippen LogP contribution in [0.5, 0.6) is 0 Å². The van der Waals surface area contributed by atoms with Crippen LogP contribution in [0.2, 0.25) is 5.02 Å². The van der Waals surface area contributed by atoms with Gasteiger partial charge in [0.15, 0.2) is 0 Å². The molecule has 3 atom stereocenters. The van der Waals surface area contributed by atoms with E-state index in [1.807, 2.05) is 35.2 Å². The molecule has 2 aliphatic heterocycles. The Morgan fingerprint density at radius 1 is 1.15 bits per heavy atom. The van der Waals surface area contributed by atoms with Crippen LogP contribution in [0, 0.1) is 17.7 Å². The lowest BCUT2D eigenvalue weighted by atomic mass is 9.89. The normalized spacial score (nSPS) is 25.5. The molecule has 0 bridgehead atoms. The maximum atomic E-state index is 13.7. The van der Waals surface area contributed by atoms with E-state index in [0.29, 0.717) is 23.3 Å². The Morgan fingerprint density at radius 3 is 2.65 bits per heavy atom. The van der Waals surface area contributed by atoms with Crippen molar-refractivity contribution in [1.29, 1.82) is 0 Å². The quantitative estimate of drug-likeness (QED) is 0.818. The summed E-state index contributed by atoms with van der Waals surface area (Å²) in [4.78, 5) is 17.0. The van der Waals surface area contributed by atoms with Gasteiger partial charge in [0, 0.05) is 36.6 Å². The third-order valence-corrected chi connectivity index (χ3v) is 5.96. The van der Waals surface area contributed by atoms with E-state index >= 15 is 0 Å². The van der Waals surface area contributed by atoms with Crippen molar-refractivity contribution < 1.29 is 9.18 Å². The summed E-state index contributed by atoms with van der Waals surface area (Å²) in [6, 6.07) is 14.5. The van der Waals surface area contributed by atoms with Crippen LogP contribution in [-0.2, 0) is 11.2 Å². The number of fused-ring (bicyclic) bond motifs is 1. The van der Waals surface area contributed by atoms with Crippen LogP contribution < -0.4 is 0 Å². The van der Waals surface area contributed by atoms with Crippen molar-refractivity contribution in [2.75, 3.05) is 26.7 Å². The summed E-state index contributed by atoms with van der Waals surface area (Å²) in [7, 11) is 2.09. The van der Waals surface area contributed by atoms with Crippen LogP contribution in [0.3, 0.4) is 0 Å². The average Bonchev–Trinajstić information content (AvgIpc) is 3.13. The molecular weight excluding hydrogens is 351 g/mol. The van der Waals surface area contributed by atoms with Gasteiger partial charge < -0.3 is 4.90 Å². The summed E-state index contributed by atoms with van der Waals surface area (Å²) in [6.45, 7) is 2.46. The summed E-state index contributed by atoms with van der Waals surface area (Å²) >= 11 is 5.91. The molecule has 2 heterocycles. The molecule has 0 aliphatic carbocycles. The zero-order chi connectivity index (χ0) is 18.3. The number of likely N-dealkylation sites (tertiary alicyclic amines) is 2. The molecule has 0 spiro atoms. The minimum Gasteiger partial charge on any atom is -0.342 e. The van der Waals surface area contributed by atoms with E-state index in [1.165, 1.54) is 6.07 Å². The van der Waals surface area contributed by atoms with Gasteiger partial charge in [-0.2, -0.15) is 0 Å². The predicted molar refractivity (Wildman–Crippen MR) is 100 cm³/mol. The molecule has 0 aromatic heterocycles. The number of hydrogen-bond acceptors (Lipinski definition) is 2. The number of amides is 1. The molecule has 4 rings (SSSR count). The van der Waals surface area contributed by atoms with Crippen molar-refractivity contribution in [2.24, 2.45) is 11.8 Å². The topological polar surface area (TPSA) is 23.6 Å². The number of halogens is 2. The van der Waals surface area contributed by atoms with Gasteiger partial charge in [-0.3, -0.25) is 9.69 Å². The molecule has 0 N–H and O–H groups in total. The molecule has 0 unspecified atom stereocenters. The lowest BCUT2D eigenvalue weighted by molar-refractivity contribution is -0.129. The fourth-order valence-corrected chi connectivity index (χ4v) is 4.67. The van der Waals surface area contributed by atoms with Gasteiger partial charge in [-0.1, -0.05) is 35.9 Å². The lowest BCUT2D eigenvalue weighted by Gasteiger charge is -2.27. The smallest absolute Gasteiger partial charge is 0.227 e. The molecule has 2 aliphatic rings. The number of nitrogens with zero attached hydrogens (tertiary/aromatic N) is 2. The zero-order valence-corrected chi connectivity index (χ0v) is 15.5. The number of rotatable bonds is 3. The molecule has 1 amide bonds. The van der Waals surface area contributed by atoms with Crippen molar-refractivity contribution >= 4 is 17.5 Å². The second kappa shape index (κ2) is 7.01. The first-order chi connectivity index (χ1) is 12.5. The number of carbonyl (C=O) groups is 1. The van der Waals surface area contributed by atoms with Crippen LogP contribution in [0.15, 0.2) is 48.5 Å². The van der Waals surface area contributed by atoms with Gasteiger partial charge in [0.2, 0.25) is 5.91 Å². The first-order valence-corrected chi connectivity index (χ1v) is 9.37. The molecule has 0 saturated carbocycles. The van der Waals surface area contributed by atoms with E-state index in [4.69, 9.17) is 11.6 Å². The highest BCUT2D eigenvalue weighted by Crippen LogP contribution is 2.44. The van der Waals surface area contributed by atoms with Gasteiger partial charge in [-0.25, -0.2) is 4.39 Å². The Labute approximate surface area is 158 Å². The largest absolute Gasteiger partial charge is 0.342 e. The van der Waals surface area contributed by atoms with Crippen LogP contribution >= 0.6 is 11.6 Å². The molecule has 26 heavy (non-hydrogen) atoms. The number of hydrogen-bond donors (Lipinski definition) is 0.